The number of aliphatic hydroxyl groups is 2. The molecule has 0 radical (unpaired) electrons. The summed E-state index contributed by atoms with van der Waals surface area (Å²) in [6.45, 7) is 4.71. The summed E-state index contributed by atoms with van der Waals surface area (Å²) in [6.07, 6.45) is 13.3. The highest BCUT2D eigenvalue weighted by molar-refractivity contribution is 5.13. The molecular weight excluding hydrogens is 374 g/mol. The first kappa shape index (κ1) is 27.4. The van der Waals surface area contributed by atoms with E-state index in [2.05, 4.69) is 6.92 Å². The molecular formula is C23H42ClNO3. The Kier molecular flexibility index (Phi) is 18.0. The molecule has 0 atom stereocenters. The maximum Gasteiger partial charge on any atom is 0.182 e. The summed E-state index contributed by atoms with van der Waals surface area (Å²) in [5.41, 5.74) is 1.12. The highest BCUT2D eigenvalue weighted by Crippen LogP contribution is 2.13. The van der Waals surface area contributed by atoms with Crippen molar-refractivity contribution in [1.82, 2.24) is 0 Å². The van der Waals surface area contributed by atoms with Crippen molar-refractivity contribution in [2.45, 2.75) is 77.7 Å². The summed E-state index contributed by atoms with van der Waals surface area (Å²) in [4.78, 5) is 0. The molecule has 0 aliphatic heterocycles. The van der Waals surface area contributed by atoms with Crippen molar-refractivity contribution in [2.75, 3.05) is 33.2 Å². The van der Waals surface area contributed by atoms with Gasteiger partial charge >= 0.3 is 0 Å². The number of aliphatic hydroxyl groups excluding tert-OH is 2. The van der Waals surface area contributed by atoms with Gasteiger partial charge in [0.05, 0.1) is 6.61 Å². The van der Waals surface area contributed by atoms with E-state index < -0.39 is 0 Å². The SMILES string of the molecule is CCCCCCCCCCCCOCC[N+](CO)(CO)Cc1ccccc1.[Cl-]. The second-order valence-corrected chi connectivity index (χ2v) is 7.79. The fraction of sp³-hybridized carbons (Fsp3) is 0.739. The smallest absolute Gasteiger partial charge is 0.182 e. The van der Waals surface area contributed by atoms with Gasteiger partial charge in [0.2, 0.25) is 0 Å². The Bertz CT molecular complexity index is 441. The number of unbranched alkanes of at least 4 members (excludes halogenated alkanes) is 9. The van der Waals surface area contributed by atoms with Crippen LogP contribution in [-0.4, -0.2) is 47.9 Å². The van der Waals surface area contributed by atoms with Gasteiger partial charge in [0.1, 0.15) is 13.1 Å². The van der Waals surface area contributed by atoms with Gasteiger partial charge in [-0.3, -0.25) is 4.48 Å². The molecule has 28 heavy (non-hydrogen) atoms. The maximum atomic E-state index is 9.79. The Morgan fingerprint density at radius 1 is 0.750 bits per heavy atom. The first-order valence-corrected chi connectivity index (χ1v) is 10.9. The van der Waals surface area contributed by atoms with E-state index >= 15 is 0 Å². The van der Waals surface area contributed by atoms with E-state index in [-0.39, 0.29) is 30.4 Å². The summed E-state index contributed by atoms with van der Waals surface area (Å²) >= 11 is 0. The minimum absolute atomic E-state index is 0. The van der Waals surface area contributed by atoms with Crippen LogP contribution < -0.4 is 12.4 Å². The zero-order valence-electron chi connectivity index (χ0n) is 17.8. The van der Waals surface area contributed by atoms with Gasteiger partial charge in [-0.1, -0.05) is 95.0 Å². The molecule has 0 heterocycles. The molecule has 0 aromatic heterocycles. The van der Waals surface area contributed by atoms with Crippen LogP contribution in [0.4, 0.5) is 0 Å². The number of rotatable bonds is 18. The van der Waals surface area contributed by atoms with Crippen LogP contribution in [0.3, 0.4) is 0 Å². The first-order valence-electron chi connectivity index (χ1n) is 10.9. The molecule has 0 spiro atoms. The van der Waals surface area contributed by atoms with Gasteiger partial charge in [-0.05, 0) is 6.42 Å². The van der Waals surface area contributed by atoms with Gasteiger partial charge in [0, 0.05) is 12.2 Å². The Morgan fingerprint density at radius 3 is 1.82 bits per heavy atom. The van der Waals surface area contributed by atoms with Crippen LogP contribution in [0.25, 0.3) is 0 Å². The molecule has 4 nitrogen and oxygen atoms in total. The number of nitrogens with zero attached hydrogens (tertiary/aromatic N) is 1. The van der Waals surface area contributed by atoms with E-state index in [9.17, 15) is 10.2 Å². The number of hydrogen-bond acceptors (Lipinski definition) is 3. The van der Waals surface area contributed by atoms with Crippen molar-refractivity contribution in [3.8, 4) is 0 Å². The molecule has 1 rings (SSSR count). The van der Waals surface area contributed by atoms with Gasteiger partial charge in [0.15, 0.2) is 13.5 Å². The van der Waals surface area contributed by atoms with Crippen molar-refractivity contribution in [2.24, 2.45) is 0 Å². The van der Waals surface area contributed by atoms with Crippen LogP contribution in [-0.2, 0) is 11.3 Å². The summed E-state index contributed by atoms with van der Waals surface area (Å²) in [7, 11) is 0. The molecule has 1 aromatic carbocycles. The predicted octanol–water partition coefficient (Wildman–Crippen LogP) is 1.84. The second kappa shape index (κ2) is 18.4. The van der Waals surface area contributed by atoms with Crippen LogP contribution in [0.1, 0.15) is 76.7 Å². The second-order valence-electron chi connectivity index (χ2n) is 7.79. The number of benzene rings is 1. The number of quaternary nitrogens is 1. The quantitative estimate of drug-likeness (QED) is 0.218. The largest absolute Gasteiger partial charge is 1.00 e. The van der Waals surface area contributed by atoms with E-state index in [1.54, 1.807) is 0 Å². The Labute approximate surface area is 178 Å². The average Bonchev–Trinajstić information content (AvgIpc) is 2.71. The zero-order chi connectivity index (χ0) is 19.6. The minimum atomic E-state index is -0.0764. The van der Waals surface area contributed by atoms with Crippen LogP contribution in [0.2, 0.25) is 0 Å². The van der Waals surface area contributed by atoms with Gasteiger partial charge in [-0.25, -0.2) is 0 Å². The standard InChI is InChI=1S/C23H42NO3.ClH/c1-2-3-4-5-6-7-8-9-10-14-18-27-19-17-24(21-25,22-26)20-23-15-12-11-13-16-23;/h11-13,15-16,25-26H,2-10,14,17-22H2,1H3;1H/q+1;/p-1. The molecule has 0 aliphatic rings. The summed E-state index contributed by atoms with van der Waals surface area (Å²) < 4.78 is 6.00. The third-order valence-electron chi connectivity index (χ3n) is 5.31. The summed E-state index contributed by atoms with van der Waals surface area (Å²) in [6, 6.07) is 10.0. The van der Waals surface area contributed by atoms with E-state index in [0.29, 0.717) is 19.7 Å². The van der Waals surface area contributed by atoms with Gasteiger partial charge in [-0.2, -0.15) is 0 Å². The lowest BCUT2D eigenvalue weighted by molar-refractivity contribution is -0.973. The monoisotopic (exact) mass is 415 g/mol. The fourth-order valence-corrected chi connectivity index (χ4v) is 3.39. The zero-order valence-corrected chi connectivity index (χ0v) is 18.6. The Balaban J connectivity index is 0.00000729. The van der Waals surface area contributed by atoms with E-state index in [0.717, 1.165) is 18.6 Å². The molecule has 0 saturated heterocycles. The first-order chi connectivity index (χ1) is 13.3. The third-order valence-corrected chi connectivity index (χ3v) is 5.31. The minimum Gasteiger partial charge on any atom is -1.00 e. The Morgan fingerprint density at radius 2 is 1.29 bits per heavy atom. The number of halogens is 1. The van der Waals surface area contributed by atoms with Crippen LogP contribution >= 0.6 is 0 Å². The lowest BCUT2D eigenvalue weighted by Crippen LogP contribution is -3.00. The van der Waals surface area contributed by atoms with Crippen molar-refractivity contribution in [3.05, 3.63) is 35.9 Å². The number of hydrogen-bond donors (Lipinski definition) is 2. The molecule has 0 saturated carbocycles. The van der Waals surface area contributed by atoms with Crippen LogP contribution in [0, 0.1) is 0 Å². The van der Waals surface area contributed by atoms with Crippen molar-refractivity contribution in [3.63, 3.8) is 0 Å². The lowest BCUT2D eigenvalue weighted by atomic mass is 10.1. The van der Waals surface area contributed by atoms with Crippen molar-refractivity contribution >= 4 is 0 Å². The normalized spacial score (nSPS) is 11.4. The maximum absolute atomic E-state index is 9.79. The molecule has 164 valence electrons. The van der Waals surface area contributed by atoms with E-state index in [1.807, 2.05) is 30.3 Å². The fourth-order valence-electron chi connectivity index (χ4n) is 3.39. The molecule has 1 aromatic rings. The molecule has 2 N–H and O–H groups in total. The summed E-state index contributed by atoms with van der Waals surface area (Å²) in [5, 5.41) is 19.6. The molecule has 0 fully saturated rings. The average molecular weight is 416 g/mol. The highest BCUT2D eigenvalue weighted by atomic mass is 35.5. The Hall–Kier alpha value is -0.650. The van der Waals surface area contributed by atoms with E-state index in [1.165, 1.54) is 57.8 Å². The van der Waals surface area contributed by atoms with Crippen molar-refractivity contribution < 1.29 is 31.8 Å². The van der Waals surface area contributed by atoms with Crippen LogP contribution in [0.15, 0.2) is 30.3 Å². The van der Waals surface area contributed by atoms with Gasteiger partial charge < -0.3 is 27.4 Å². The lowest BCUT2D eigenvalue weighted by Gasteiger charge is -2.34. The van der Waals surface area contributed by atoms with Crippen molar-refractivity contribution in [1.29, 1.82) is 0 Å². The van der Waals surface area contributed by atoms with Gasteiger partial charge in [0.25, 0.3) is 0 Å². The molecule has 0 bridgehead atoms. The predicted molar refractivity (Wildman–Crippen MR) is 112 cm³/mol. The van der Waals surface area contributed by atoms with E-state index in [4.69, 9.17) is 4.74 Å². The third kappa shape index (κ3) is 12.7. The molecule has 0 unspecified atom stereocenters. The van der Waals surface area contributed by atoms with Gasteiger partial charge in [-0.15, -0.1) is 0 Å². The topological polar surface area (TPSA) is 49.7 Å². The summed E-state index contributed by atoms with van der Waals surface area (Å²) in [5.74, 6) is 0. The molecule has 0 aliphatic carbocycles. The molecule has 5 heteroatoms. The highest BCUT2D eigenvalue weighted by Gasteiger charge is 2.25. The molecule has 0 amide bonds. The number of ether oxygens (including phenoxy) is 1. The van der Waals surface area contributed by atoms with Crippen LogP contribution in [0.5, 0.6) is 0 Å².